The van der Waals surface area contributed by atoms with Gasteiger partial charge < -0.3 is 9.84 Å². The molecule has 0 aliphatic carbocycles. The van der Waals surface area contributed by atoms with E-state index in [1.807, 2.05) is 6.07 Å². The Kier molecular flexibility index (Phi) is 4.98. The number of nitrogens with zero attached hydrogens (tertiary/aromatic N) is 2. The van der Waals surface area contributed by atoms with Crippen molar-refractivity contribution in [3.05, 3.63) is 45.5 Å². The van der Waals surface area contributed by atoms with Crippen LogP contribution in [-0.2, 0) is 17.6 Å². The Morgan fingerprint density at radius 2 is 2.20 bits per heavy atom. The standard InChI is InChI=1S/C13H13Cl2N3O2/c1-8-17-13(20-18-8)7-12(19)16-5-4-9-2-3-10(14)6-11(9)15/h2-3,6H,4-5,7H2,1H3,(H,16,19). The van der Waals surface area contributed by atoms with Crippen LogP contribution in [0.4, 0.5) is 0 Å². The van der Waals surface area contributed by atoms with Crippen LogP contribution >= 0.6 is 23.2 Å². The summed E-state index contributed by atoms with van der Waals surface area (Å²) >= 11 is 11.9. The van der Waals surface area contributed by atoms with Gasteiger partial charge in [0.15, 0.2) is 5.82 Å². The van der Waals surface area contributed by atoms with Gasteiger partial charge in [-0.1, -0.05) is 34.4 Å². The zero-order valence-corrected chi connectivity index (χ0v) is 12.3. The molecule has 0 saturated heterocycles. The van der Waals surface area contributed by atoms with Crippen LogP contribution < -0.4 is 5.32 Å². The maximum atomic E-state index is 11.7. The fourth-order valence-electron chi connectivity index (χ4n) is 1.67. The number of nitrogens with one attached hydrogen (secondary N) is 1. The second-order valence-electron chi connectivity index (χ2n) is 4.25. The van der Waals surface area contributed by atoms with Gasteiger partial charge in [0.2, 0.25) is 11.8 Å². The molecule has 0 saturated carbocycles. The van der Waals surface area contributed by atoms with E-state index in [4.69, 9.17) is 27.7 Å². The van der Waals surface area contributed by atoms with Crippen molar-refractivity contribution in [2.75, 3.05) is 6.54 Å². The van der Waals surface area contributed by atoms with Crippen molar-refractivity contribution in [1.29, 1.82) is 0 Å². The van der Waals surface area contributed by atoms with E-state index < -0.39 is 0 Å². The third kappa shape index (κ3) is 4.21. The minimum atomic E-state index is -0.168. The summed E-state index contributed by atoms with van der Waals surface area (Å²) < 4.78 is 4.87. The monoisotopic (exact) mass is 313 g/mol. The lowest BCUT2D eigenvalue weighted by Gasteiger charge is -2.06. The predicted molar refractivity (Wildman–Crippen MR) is 75.9 cm³/mol. The van der Waals surface area contributed by atoms with Crippen molar-refractivity contribution in [3.63, 3.8) is 0 Å². The van der Waals surface area contributed by atoms with Crippen LogP contribution in [0.3, 0.4) is 0 Å². The van der Waals surface area contributed by atoms with Crippen molar-refractivity contribution < 1.29 is 9.32 Å². The molecule has 0 fully saturated rings. The largest absolute Gasteiger partial charge is 0.355 e. The van der Waals surface area contributed by atoms with E-state index >= 15 is 0 Å². The lowest BCUT2D eigenvalue weighted by Crippen LogP contribution is -2.27. The first-order valence-electron chi connectivity index (χ1n) is 6.04. The van der Waals surface area contributed by atoms with Crippen molar-refractivity contribution in [3.8, 4) is 0 Å². The first-order chi connectivity index (χ1) is 9.54. The Morgan fingerprint density at radius 3 is 2.85 bits per heavy atom. The predicted octanol–water partition coefficient (Wildman–Crippen LogP) is 2.59. The van der Waals surface area contributed by atoms with Gasteiger partial charge in [0.05, 0.1) is 0 Å². The molecule has 7 heteroatoms. The molecule has 0 atom stereocenters. The fourth-order valence-corrected chi connectivity index (χ4v) is 2.18. The number of hydrogen-bond donors (Lipinski definition) is 1. The topological polar surface area (TPSA) is 68.0 Å². The van der Waals surface area contributed by atoms with Crippen molar-refractivity contribution in [2.45, 2.75) is 19.8 Å². The number of aryl methyl sites for hydroxylation is 1. The van der Waals surface area contributed by atoms with Crippen LogP contribution in [0.25, 0.3) is 0 Å². The summed E-state index contributed by atoms with van der Waals surface area (Å²) in [6.45, 7) is 2.18. The number of hydrogen-bond acceptors (Lipinski definition) is 4. The van der Waals surface area contributed by atoms with Crippen LogP contribution in [0.2, 0.25) is 10.0 Å². The molecular weight excluding hydrogens is 301 g/mol. The summed E-state index contributed by atoms with van der Waals surface area (Å²) in [5, 5.41) is 7.58. The quantitative estimate of drug-likeness (QED) is 0.921. The van der Waals surface area contributed by atoms with Crippen LogP contribution in [-0.4, -0.2) is 22.6 Å². The third-order valence-corrected chi connectivity index (χ3v) is 3.20. The number of halogens is 2. The molecule has 1 aromatic carbocycles. The van der Waals surface area contributed by atoms with Gasteiger partial charge in [0.1, 0.15) is 6.42 Å². The second kappa shape index (κ2) is 6.72. The van der Waals surface area contributed by atoms with E-state index in [1.54, 1.807) is 19.1 Å². The molecule has 1 amide bonds. The third-order valence-electron chi connectivity index (χ3n) is 2.61. The average Bonchev–Trinajstić information content (AvgIpc) is 2.77. The minimum absolute atomic E-state index is 0.0786. The molecule has 1 heterocycles. The molecular formula is C13H13Cl2N3O2. The second-order valence-corrected chi connectivity index (χ2v) is 5.09. The minimum Gasteiger partial charge on any atom is -0.355 e. The molecule has 106 valence electrons. The Morgan fingerprint density at radius 1 is 1.40 bits per heavy atom. The van der Waals surface area contributed by atoms with Crippen molar-refractivity contribution in [1.82, 2.24) is 15.5 Å². The van der Waals surface area contributed by atoms with Gasteiger partial charge >= 0.3 is 0 Å². The van der Waals surface area contributed by atoms with Gasteiger partial charge in [0.25, 0.3) is 0 Å². The normalized spacial score (nSPS) is 10.6. The van der Waals surface area contributed by atoms with Gasteiger partial charge in [-0.25, -0.2) is 0 Å². The molecule has 0 bridgehead atoms. The number of benzene rings is 1. The molecule has 0 radical (unpaired) electrons. The van der Waals surface area contributed by atoms with E-state index in [2.05, 4.69) is 15.5 Å². The summed E-state index contributed by atoms with van der Waals surface area (Å²) in [5.74, 6) is 0.656. The SMILES string of the molecule is Cc1noc(CC(=O)NCCc2ccc(Cl)cc2Cl)n1. The lowest BCUT2D eigenvalue weighted by molar-refractivity contribution is -0.120. The Bertz CT molecular complexity index is 613. The Labute approximate surface area is 126 Å². The summed E-state index contributed by atoms with van der Waals surface area (Å²) in [6, 6.07) is 5.30. The molecule has 20 heavy (non-hydrogen) atoms. The van der Waals surface area contributed by atoms with E-state index in [0.29, 0.717) is 34.7 Å². The van der Waals surface area contributed by atoms with Crippen LogP contribution in [0.15, 0.2) is 22.7 Å². The molecule has 1 N–H and O–H groups in total. The average molecular weight is 314 g/mol. The van der Waals surface area contributed by atoms with Crippen molar-refractivity contribution in [2.24, 2.45) is 0 Å². The van der Waals surface area contributed by atoms with Gasteiger partial charge in [-0.3, -0.25) is 4.79 Å². The maximum Gasteiger partial charge on any atom is 0.236 e. The van der Waals surface area contributed by atoms with Crippen LogP contribution in [0.1, 0.15) is 17.3 Å². The highest BCUT2D eigenvalue weighted by atomic mass is 35.5. The number of carbonyl (C=O) groups excluding carboxylic acids is 1. The van der Waals surface area contributed by atoms with E-state index in [-0.39, 0.29) is 12.3 Å². The first-order valence-corrected chi connectivity index (χ1v) is 6.80. The van der Waals surface area contributed by atoms with E-state index in [9.17, 15) is 4.79 Å². The van der Waals surface area contributed by atoms with Gasteiger partial charge in [-0.05, 0) is 31.0 Å². The number of rotatable bonds is 5. The van der Waals surface area contributed by atoms with E-state index in [0.717, 1.165) is 5.56 Å². The Balaban J connectivity index is 1.79. The van der Waals surface area contributed by atoms with Gasteiger partial charge in [-0.15, -0.1) is 0 Å². The van der Waals surface area contributed by atoms with Crippen LogP contribution in [0.5, 0.6) is 0 Å². The number of amides is 1. The fraction of sp³-hybridized carbons (Fsp3) is 0.308. The molecule has 1 aromatic heterocycles. The first kappa shape index (κ1) is 14.8. The van der Waals surface area contributed by atoms with E-state index in [1.165, 1.54) is 0 Å². The van der Waals surface area contributed by atoms with Crippen molar-refractivity contribution >= 4 is 29.1 Å². The molecule has 0 unspecified atom stereocenters. The number of aromatic nitrogens is 2. The lowest BCUT2D eigenvalue weighted by atomic mass is 10.1. The highest BCUT2D eigenvalue weighted by Gasteiger charge is 2.09. The molecule has 0 aliphatic rings. The zero-order chi connectivity index (χ0) is 14.5. The highest BCUT2D eigenvalue weighted by molar-refractivity contribution is 6.35. The molecule has 2 rings (SSSR count). The summed E-state index contributed by atoms with van der Waals surface area (Å²) in [6.07, 6.45) is 0.708. The number of carbonyl (C=O) groups is 1. The zero-order valence-electron chi connectivity index (χ0n) is 10.8. The maximum absolute atomic E-state index is 11.7. The molecule has 2 aromatic rings. The van der Waals surface area contributed by atoms with Gasteiger partial charge in [-0.2, -0.15) is 4.98 Å². The summed E-state index contributed by atoms with van der Waals surface area (Å²) in [5.41, 5.74) is 0.935. The smallest absolute Gasteiger partial charge is 0.236 e. The van der Waals surface area contributed by atoms with Gasteiger partial charge in [0, 0.05) is 16.6 Å². The summed E-state index contributed by atoms with van der Waals surface area (Å²) in [7, 11) is 0. The molecule has 0 spiro atoms. The highest BCUT2D eigenvalue weighted by Crippen LogP contribution is 2.20. The molecule has 0 aliphatic heterocycles. The Hall–Kier alpha value is -1.59. The molecule has 5 nitrogen and oxygen atoms in total. The summed E-state index contributed by atoms with van der Waals surface area (Å²) in [4.78, 5) is 15.6. The van der Waals surface area contributed by atoms with Crippen LogP contribution in [0, 0.1) is 6.92 Å².